The first-order valence-corrected chi connectivity index (χ1v) is 8.38. The summed E-state index contributed by atoms with van der Waals surface area (Å²) in [6, 6.07) is 12.8. The average molecular weight is 494 g/mol. The monoisotopic (exact) mass is 493 g/mol. The number of rotatable bonds is 5. The Bertz CT molecular complexity index is 723. The minimum absolute atomic E-state index is 0. The molecule has 136 valence electrons. The summed E-state index contributed by atoms with van der Waals surface area (Å²) in [5.74, 6) is 0.250. The normalized spacial score (nSPS) is 13.7. The van der Waals surface area contributed by atoms with Crippen molar-refractivity contribution in [2.24, 2.45) is 10.7 Å². The Hall–Kier alpha value is -1.02. The van der Waals surface area contributed by atoms with Crippen molar-refractivity contribution in [1.82, 2.24) is 5.32 Å². The average Bonchev–Trinajstić information content (AvgIpc) is 2.53. The minimum Gasteiger partial charge on any atom is -0.386 e. The van der Waals surface area contributed by atoms with Gasteiger partial charge in [-0.15, -0.1) is 24.0 Å². The second-order valence-electron chi connectivity index (χ2n) is 5.68. The van der Waals surface area contributed by atoms with Crippen molar-refractivity contribution in [3.8, 4) is 0 Å². The van der Waals surface area contributed by atoms with Gasteiger partial charge in [-0.05, 0) is 37.1 Å². The van der Waals surface area contributed by atoms with Crippen molar-refractivity contribution in [3.63, 3.8) is 0 Å². The highest BCUT2D eigenvalue weighted by atomic mass is 127. The molecule has 4 nitrogen and oxygen atoms in total. The molecular weight excluding hydrogens is 472 g/mol. The second-order valence-corrected chi connectivity index (χ2v) is 6.53. The summed E-state index contributed by atoms with van der Waals surface area (Å²) in [6.07, 6.45) is -0.694. The molecule has 0 radical (unpaired) electrons. The first-order chi connectivity index (χ1) is 11.4. The van der Waals surface area contributed by atoms with E-state index in [2.05, 4.69) is 10.3 Å². The molecule has 0 aliphatic carbocycles. The highest BCUT2D eigenvalue weighted by Crippen LogP contribution is 2.26. The summed E-state index contributed by atoms with van der Waals surface area (Å²) >= 11 is 12.1. The fraction of sp³-hybridized carbons (Fsp3) is 0.278. The summed E-state index contributed by atoms with van der Waals surface area (Å²) in [4.78, 5) is 4.20. The van der Waals surface area contributed by atoms with Crippen molar-refractivity contribution in [2.45, 2.75) is 26.0 Å². The van der Waals surface area contributed by atoms with E-state index in [0.717, 1.165) is 16.7 Å². The van der Waals surface area contributed by atoms with Crippen LogP contribution in [0.25, 0.3) is 0 Å². The van der Waals surface area contributed by atoms with E-state index in [4.69, 9.17) is 28.9 Å². The van der Waals surface area contributed by atoms with E-state index < -0.39 is 6.10 Å². The lowest BCUT2D eigenvalue weighted by Gasteiger charge is -2.17. The lowest BCUT2D eigenvalue weighted by atomic mass is 10.1. The number of nitrogens with one attached hydrogen (secondary N) is 1. The van der Waals surface area contributed by atoms with Crippen molar-refractivity contribution in [3.05, 3.63) is 69.2 Å². The Morgan fingerprint density at radius 2 is 1.84 bits per heavy atom. The van der Waals surface area contributed by atoms with Gasteiger partial charge in [-0.1, -0.05) is 59.1 Å². The zero-order chi connectivity index (χ0) is 17.7. The predicted molar refractivity (Wildman–Crippen MR) is 116 cm³/mol. The molecule has 2 atom stereocenters. The van der Waals surface area contributed by atoms with E-state index in [1.165, 1.54) is 0 Å². The number of hydrogen-bond acceptors (Lipinski definition) is 2. The molecule has 2 rings (SSSR count). The molecule has 0 amide bonds. The summed E-state index contributed by atoms with van der Waals surface area (Å²) in [6.45, 7) is 4.11. The maximum Gasteiger partial charge on any atom is 0.189 e. The van der Waals surface area contributed by atoms with Crippen LogP contribution in [0.15, 0.2) is 47.5 Å². The lowest BCUT2D eigenvalue weighted by molar-refractivity contribution is 0.187. The molecule has 0 fully saturated rings. The smallest absolute Gasteiger partial charge is 0.189 e. The molecule has 0 aliphatic rings. The number of guanidine groups is 1. The Balaban J connectivity index is 0.00000312. The predicted octanol–water partition coefficient (Wildman–Crippen LogP) is 4.62. The number of halogens is 3. The van der Waals surface area contributed by atoms with Crippen LogP contribution < -0.4 is 11.1 Å². The van der Waals surface area contributed by atoms with Gasteiger partial charge in [0, 0.05) is 10.0 Å². The van der Waals surface area contributed by atoms with Crippen molar-refractivity contribution in [2.75, 3.05) is 6.54 Å². The molecular formula is C18H22Cl2IN3O. The molecule has 0 spiro atoms. The zero-order valence-corrected chi connectivity index (χ0v) is 17.9. The Labute approximate surface area is 175 Å². The molecule has 2 aromatic rings. The maximum absolute atomic E-state index is 10.2. The second kappa shape index (κ2) is 10.2. The standard InChI is InChI=1S/C18H21Cl2N3O.HI/c1-11-3-5-13(6-4-11)17(24)10-22-18(21)23-12(2)15-8-7-14(19)9-16(15)20;/h3-9,12,17,24H,10H2,1-2H3,(H3,21,22,23);1H. The number of aliphatic imine (C=N–C) groups is 1. The number of hydrogen-bond donors (Lipinski definition) is 3. The van der Waals surface area contributed by atoms with Crippen molar-refractivity contribution >= 4 is 53.1 Å². The fourth-order valence-corrected chi connectivity index (χ4v) is 2.85. The Morgan fingerprint density at radius 1 is 1.20 bits per heavy atom. The third kappa shape index (κ3) is 6.66. The topological polar surface area (TPSA) is 70.6 Å². The quantitative estimate of drug-likeness (QED) is 0.323. The number of aliphatic hydroxyl groups is 1. The fourth-order valence-electron chi connectivity index (χ4n) is 2.28. The van der Waals surface area contributed by atoms with Crippen LogP contribution in [0.4, 0.5) is 0 Å². The van der Waals surface area contributed by atoms with Crippen LogP contribution in [-0.4, -0.2) is 17.6 Å². The van der Waals surface area contributed by atoms with Gasteiger partial charge in [-0.2, -0.15) is 0 Å². The van der Waals surface area contributed by atoms with Gasteiger partial charge in [0.1, 0.15) is 0 Å². The van der Waals surface area contributed by atoms with Gasteiger partial charge in [0.2, 0.25) is 0 Å². The molecule has 7 heteroatoms. The third-order valence-corrected chi connectivity index (χ3v) is 4.25. The molecule has 0 heterocycles. The summed E-state index contributed by atoms with van der Waals surface area (Å²) in [7, 11) is 0. The van der Waals surface area contributed by atoms with Gasteiger partial charge in [0.25, 0.3) is 0 Å². The first kappa shape index (κ1) is 22.0. The van der Waals surface area contributed by atoms with Gasteiger partial charge in [0.05, 0.1) is 18.7 Å². The van der Waals surface area contributed by atoms with E-state index in [1.807, 2.05) is 44.2 Å². The van der Waals surface area contributed by atoms with Crippen LogP contribution in [0.5, 0.6) is 0 Å². The van der Waals surface area contributed by atoms with Crippen LogP contribution in [0.2, 0.25) is 10.0 Å². The lowest BCUT2D eigenvalue weighted by Crippen LogP contribution is -2.34. The Morgan fingerprint density at radius 3 is 2.44 bits per heavy atom. The van der Waals surface area contributed by atoms with Crippen LogP contribution in [-0.2, 0) is 0 Å². The highest BCUT2D eigenvalue weighted by Gasteiger charge is 2.11. The van der Waals surface area contributed by atoms with Gasteiger partial charge in [0.15, 0.2) is 5.96 Å². The van der Waals surface area contributed by atoms with Crippen LogP contribution >= 0.6 is 47.2 Å². The summed E-state index contributed by atoms with van der Waals surface area (Å²) in [5.41, 5.74) is 8.73. The van der Waals surface area contributed by atoms with Crippen molar-refractivity contribution in [1.29, 1.82) is 0 Å². The van der Waals surface area contributed by atoms with E-state index in [0.29, 0.717) is 10.0 Å². The van der Waals surface area contributed by atoms with Crippen LogP contribution in [0.1, 0.15) is 35.8 Å². The molecule has 0 saturated heterocycles. The maximum atomic E-state index is 10.2. The molecule has 0 aromatic heterocycles. The van der Waals surface area contributed by atoms with Gasteiger partial charge >= 0.3 is 0 Å². The number of benzene rings is 2. The first-order valence-electron chi connectivity index (χ1n) is 7.63. The molecule has 4 N–H and O–H groups in total. The molecule has 0 aliphatic heterocycles. The minimum atomic E-state index is -0.694. The van der Waals surface area contributed by atoms with Gasteiger partial charge < -0.3 is 16.2 Å². The van der Waals surface area contributed by atoms with E-state index in [9.17, 15) is 5.11 Å². The van der Waals surface area contributed by atoms with Gasteiger partial charge in [-0.3, -0.25) is 4.99 Å². The molecule has 2 aromatic carbocycles. The van der Waals surface area contributed by atoms with Crippen molar-refractivity contribution < 1.29 is 5.11 Å². The zero-order valence-electron chi connectivity index (χ0n) is 14.0. The Kier molecular flexibility index (Phi) is 8.99. The number of aliphatic hydroxyl groups excluding tert-OH is 1. The molecule has 0 bridgehead atoms. The SMILES string of the molecule is Cc1ccc(C(O)CN=C(N)NC(C)c2ccc(Cl)cc2Cl)cc1.I. The van der Waals surface area contributed by atoms with E-state index >= 15 is 0 Å². The molecule has 25 heavy (non-hydrogen) atoms. The molecule has 0 saturated carbocycles. The molecule has 2 unspecified atom stereocenters. The number of nitrogens with zero attached hydrogens (tertiary/aromatic N) is 1. The third-order valence-electron chi connectivity index (χ3n) is 3.69. The number of nitrogens with two attached hydrogens (primary N) is 1. The summed E-state index contributed by atoms with van der Waals surface area (Å²) in [5, 5.41) is 14.4. The van der Waals surface area contributed by atoms with Gasteiger partial charge in [-0.25, -0.2) is 0 Å². The highest BCUT2D eigenvalue weighted by molar-refractivity contribution is 14.0. The van der Waals surface area contributed by atoms with Crippen LogP contribution in [0.3, 0.4) is 0 Å². The van der Waals surface area contributed by atoms with Crippen LogP contribution in [0, 0.1) is 6.92 Å². The number of aryl methyl sites for hydroxylation is 1. The van der Waals surface area contributed by atoms with E-state index in [1.54, 1.807) is 12.1 Å². The van der Waals surface area contributed by atoms with E-state index in [-0.39, 0.29) is 42.5 Å². The largest absolute Gasteiger partial charge is 0.386 e. The summed E-state index contributed by atoms with van der Waals surface area (Å²) < 4.78 is 0.